The van der Waals surface area contributed by atoms with Gasteiger partial charge in [-0.2, -0.15) is 0 Å². The number of benzene rings is 1. The van der Waals surface area contributed by atoms with Gasteiger partial charge >= 0.3 is 0 Å². The predicted octanol–water partition coefficient (Wildman–Crippen LogP) is 3.64. The van der Waals surface area contributed by atoms with Crippen molar-refractivity contribution in [1.82, 2.24) is 15.1 Å². The number of nitrogens with one attached hydrogen (secondary N) is 1. The summed E-state index contributed by atoms with van der Waals surface area (Å²) in [6, 6.07) is 6.15. The Kier molecular flexibility index (Phi) is 10.7. The highest BCUT2D eigenvalue weighted by atomic mass is 16.5. The Bertz CT molecular complexity index is 958. The van der Waals surface area contributed by atoms with E-state index in [-0.39, 0.29) is 35.8 Å². The van der Waals surface area contributed by atoms with Crippen molar-refractivity contribution >= 4 is 11.8 Å². The molecule has 2 saturated carbocycles. The highest BCUT2D eigenvalue weighted by molar-refractivity contribution is 5.95. The van der Waals surface area contributed by atoms with Gasteiger partial charge in [-0.25, -0.2) is 0 Å². The molecule has 0 radical (unpaired) electrons. The lowest BCUT2D eigenvalue weighted by atomic mass is 9.86. The molecular weight excluding hydrogens is 494 g/mol. The summed E-state index contributed by atoms with van der Waals surface area (Å²) in [5, 5.41) is 13.4. The summed E-state index contributed by atoms with van der Waals surface area (Å²) in [6.07, 6.45) is 5.76. The first-order chi connectivity index (χ1) is 18.8. The lowest BCUT2D eigenvalue weighted by Gasteiger charge is -2.35. The fourth-order valence-corrected chi connectivity index (χ4v) is 6.05. The van der Waals surface area contributed by atoms with Crippen molar-refractivity contribution < 1.29 is 24.2 Å². The summed E-state index contributed by atoms with van der Waals surface area (Å²) >= 11 is 0. The highest BCUT2D eigenvalue weighted by Gasteiger charge is 2.40. The maximum Gasteiger partial charge on any atom is 0.254 e. The molecule has 2 atom stereocenters. The molecule has 0 aromatic heterocycles. The molecule has 2 aliphatic carbocycles. The third-order valence-corrected chi connectivity index (χ3v) is 8.73. The van der Waals surface area contributed by atoms with Gasteiger partial charge in [0.25, 0.3) is 5.91 Å². The number of carbonyl (C=O) groups excluding carboxylic acids is 2. The number of ether oxygens (including phenoxy) is 2. The highest BCUT2D eigenvalue weighted by Crippen LogP contribution is 2.34. The van der Waals surface area contributed by atoms with E-state index in [1.165, 1.54) is 0 Å². The summed E-state index contributed by atoms with van der Waals surface area (Å²) in [5.74, 6) is 1.69. The van der Waals surface area contributed by atoms with Gasteiger partial charge in [-0.05, 0) is 88.8 Å². The molecular formula is C31H49N3O5. The van der Waals surface area contributed by atoms with E-state index in [1.807, 2.05) is 30.0 Å². The van der Waals surface area contributed by atoms with E-state index in [0.717, 1.165) is 75.9 Å². The first-order valence-corrected chi connectivity index (χ1v) is 15.0. The first-order valence-electron chi connectivity index (χ1n) is 15.0. The van der Waals surface area contributed by atoms with Crippen LogP contribution in [0.5, 0.6) is 5.75 Å². The molecule has 1 aliphatic heterocycles. The van der Waals surface area contributed by atoms with Crippen LogP contribution in [-0.4, -0.2) is 91.4 Å². The average molecular weight is 544 g/mol. The molecule has 39 heavy (non-hydrogen) atoms. The molecule has 1 saturated heterocycles. The Morgan fingerprint density at radius 3 is 2.36 bits per heavy atom. The standard InChI is InChI=1S/C31H49N3O5/c1-21(2)33(31(37)24-7-6-22(3)29(16-24)39-15-5-14-38-4)19-25-17-32-18-26(25)20-34(27-10-11-27)30(36)23-8-12-28(35)13-9-23/h6-7,16,21,23,25-28,32,35H,5,8-15,17-20H2,1-4H3/t23?,25-,26-,28?/m0/s1. The fourth-order valence-electron chi connectivity index (χ4n) is 6.05. The Morgan fingerprint density at radius 1 is 1.03 bits per heavy atom. The predicted molar refractivity (Wildman–Crippen MR) is 152 cm³/mol. The van der Waals surface area contributed by atoms with Crippen molar-refractivity contribution in [2.45, 2.75) is 83.9 Å². The van der Waals surface area contributed by atoms with Crippen LogP contribution in [0.4, 0.5) is 0 Å². The zero-order chi connectivity index (χ0) is 27.9. The largest absolute Gasteiger partial charge is 0.493 e. The zero-order valence-corrected chi connectivity index (χ0v) is 24.4. The fraction of sp³-hybridized carbons (Fsp3) is 0.742. The molecule has 4 rings (SSSR count). The number of aliphatic hydroxyl groups is 1. The first kappa shape index (κ1) is 29.8. The van der Waals surface area contributed by atoms with E-state index < -0.39 is 0 Å². The van der Waals surface area contributed by atoms with E-state index in [2.05, 4.69) is 24.1 Å². The Morgan fingerprint density at radius 2 is 1.72 bits per heavy atom. The lowest BCUT2D eigenvalue weighted by Crippen LogP contribution is -2.46. The molecule has 1 aromatic carbocycles. The van der Waals surface area contributed by atoms with Crippen molar-refractivity contribution in [2.75, 3.05) is 46.5 Å². The van der Waals surface area contributed by atoms with Crippen molar-refractivity contribution in [3.8, 4) is 5.75 Å². The van der Waals surface area contributed by atoms with Crippen LogP contribution < -0.4 is 10.1 Å². The second kappa shape index (κ2) is 14.0. The minimum Gasteiger partial charge on any atom is -0.493 e. The number of aryl methyl sites for hydroxylation is 1. The number of amides is 2. The summed E-state index contributed by atoms with van der Waals surface area (Å²) in [5.41, 5.74) is 1.66. The molecule has 3 aliphatic rings. The van der Waals surface area contributed by atoms with Crippen LogP contribution in [0.3, 0.4) is 0 Å². The number of aliphatic hydroxyl groups excluding tert-OH is 1. The van der Waals surface area contributed by atoms with Gasteiger partial charge in [0.2, 0.25) is 5.91 Å². The van der Waals surface area contributed by atoms with Crippen LogP contribution >= 0.6 is 0 Å². The van der Waals surface area contributed by atoms with Crippen molar-refractivity contribution in [3.05, 3.63) is 29.3 Å². The van der Waals surface area contributed by atoms with Crippen LogP contribution in [0.15, 0.2) is 18.2 Å². The molecule has 0 bridgehead atoms. The van der Waals surface area contributed by atoms with Gasteiger partial charge in [0.05, 0.1) is 12.7 Å². The molecule has 1 aromatic rings. The minimum atomic E-state index is -0.252. The maximum absolute atomic E-state index is 13.7. The topological polar surface area (TPSA) is 91.3 Å². The van der Waals surface area contributed by atoms with Crippen molar-refractivity contribution in [2.24, 2.45) is 17.8 Å². The molecule has 0 spiro atoms. The smallest absolute Gasteiger partial charge is 0.254 e. The Balaban J connectivity index is 1.41. The van der Waals surface area contributed by atoms with E-state index in [1.54, 1.807) is 7.11 Å². The quantitative estimate of drug-likeness (QED) is 0.369. The number of carbonyl (C=O) groups is 2. The van der Waals surface area contributed by atoms with Crippen LogP contribution in [0.1, 0.15) is 74.7 Å². The van der Waals surface area contributed by atoms with Crippen molar-refractivity contribution in [1.29, 1.82) is 0 Å². The molecule has 218 valence electrons. The monoisotopic (exact) mass is 543 g/mol. The molecule has 8 heteroatoms. The second-order valence-corrected chi connectivity index (χ2v) is 12.1. The van der Waals surface area contributed by atoms with Gasteiger partial charge in [0, 0.05) is 69.9 Å². The zero-order valence-electron chi connectivity index (χ0n) is 24.4. The number of methoxy groups -OCH3 is 1. The molecule has 2 amide bonds. The molecule has 1 heterocycles. The van der Waals surface area contributed by atoms with Gasteiger partial charge in [0.1, 0.15) is 5.75 Å². The number of nitrogens with zero attached hydrogens (tertiary/aromatic N) is 2. The number of hydrogen-bond donors (Lipinski definition) is 2. The van der Waals surface area contributed by atoms with Crippen LogP contribution in [-0.2, 0) is 9.53 Å². The third-order valence-electron chi connectivity index (χ3n) is 8.73. The molecule has 3 fully saturated rings. The normalized spacial score (nSPS) is 25.1. The van der Waals surface area contributed by atoms with E-state index in [0.29, 0.717) is 37.3 Å². The van der Waals surface area contributed by atoms with E-state index >= 15 is 0 Å². The molecule has 0 unspecified atom stereocenters. The van der Waals surface area contributed by atoms with Crippen molar-refractivity contribution in [3.63, 3.8) is 0 Å². The number of rotatable bonds is 13. The lowest BCUT2D eigenvalue weighted by molar-refractivity contribution is -0.138. The van der Waals surface area contributed by atoms with Crippen LogP contribution in [0.2, 0.25) is 0 Å². The SMILES string of the molecule is COCCCOc1cc(C(=O)N(C[C@@H]2CNC[C@H]2CN(C(=O)C2CCC(O)CC2)C2CC2)C(C)C)ccc1C. The van der Waals surface area contributed by atoms with Gasteiger partial charge < -0.3 is 29.7 Å². The van der Waals surface area contributed by atoms with Crippen LogP contribution in [0.25, 0.3) is 0 Å². The molecule has 8 nitrogen and oxygen atoms in total. The van der Waals surface area contributed by atoms with Gasteiger partial charge in [-0.15, -0.1) is 0 Å². The van der Waals surface area contributed by atoms with Gasteiger partial charge in [-0.3, -0.25) is 9.59 Å². The van der Waals surface area contributed by atoms with E-state index in [4.69, 9.17) is 9.47 Å². The number of hydrogen-bond acceptors (Lipinski definition) is 6. The van der Waals surface area contributed by atoms with Crippen LogP contribution in [0, 0.1) is 24.7 Å². The second-order valence-electron chi connectivity index (χ2n) is 12.1. The Hall–Kier alpha value is -2.16. The summed E-state index contributed by atoms with van der Waals surface area (Å²) in [6.45, 7) is 10.5. The summed E-state index contributed by atoms with van der Waals surface area (Å²) < 4.78 is 11.1. The van der Waals surface area contributed by atoms with E-state index in [9.17, 15) is 14.7 Å². The average Bonchev–Trinajstić information content (AvgIpc) is 3.67. The van der Waals surface area contributed by atoms with Gasteiger partial charge in [0.15, 0.2) is 0 Å². The molecule has 2 N–H and O–H groups in total. The maximum atomic E-state index is 13.7. The minimum absolute atomic E-state index is 0.0216. The summed E-state index contributed by atoms with van der Waals surface area (Å²) in [4.78, 5) is 31.4. The third kappa shape index (κ3) is 7.95. The Labute approximate surface area is 234 Å². The van der Waals surface area contributed by atoms with Gasteiger partial charge in [-0.1, -0.05) is 6.07 Å². The summed E-state index contributed by atoms with van der Waals surface area (Å²) in [7, 11) is 1.68.